The Bertz CT molecular complexity index is 862. The molecule has 8 nitrogen and oxygen atoms in total. The number of Topliss-reactive ketones (excluding diaryl/α,β-unsaturated/α-hetero) is 1. The van der Waals surface area contributed by atoms with E-state index in [1.54, 1.807) is 0 Å². The van der Waals surface area contributed by atoms with Gasteiger partial charge >= 0.3 is 13.5 Å². The van der Waals surface area contributed by atoms with E-state index in [2.05, 4.69) is 5.32 Å². The number of ketones is 1. The Hall–Kier alpha value is -2.75. The summed E-state index contributed by atoms with van der Waals surface area (Å²) in [6.07, 6.45) is 4.91. The van der Waals surface area contributed by atoms with E-state index in [1.807, 2.05) is 50.3 Å². The van der Waals surface area contributed by atoms with Gasteiger partial charge in [0.1, 0.15) is 18.8 Å². The maximum Gasteiger partial charge on any atom is 0.384 e. The highest BCUT2D eigenvalue weighted by Gasteiger charge is 2.32. The monoisotopic (exact) mass is 487 g/mol. The van der Waals surface area contributed by atoms with Crippen LogP contribution >= 0.6 is 11.8 Å². The van der Waals surface area contributed by atoms with E-state index in [0.717, 1.165) is 12.0 Å². The molecule has 0 aliphatic carbocycles. The molecule has 0 saturated carbocycles. The molecule has 0 aromatic heterocycles. The van der Waals surface area contributed by atoms with Crippen molar-refractivity contribution in [3.8, 4) is 5.75 Å². The number of hydrogen-bond acceptors (Lipinski definition) is 8. The molecule has 0 saturated heterocycles. The van der Waals surface area contributed by atoms with Crippen LogP contribution in [0, 0.1) is 17.2 Å². The number of carbonyl (C=O) groups is 3. The fourth-order valence-electron chi connectivity index (χ4n) is 3.50. The molecule has 1 aromatic rings. The van der Waals surface area contributed by atoms with Crippen molar-refractivity contribution in [2.24, 2.45) is 11.8 Å². The van der Waals surface area contributed by atoms with E-state index >= 15 is 0 Å². The number of amides is 1. The first kappa shape index (κ1) is 27.5. The Morgan fingerprint density at radius 3 is 2.62 bits per heavy atom. The van der Waals surface area contributed by atoms with Gasteiger partial charge in [0.05, 0.1) is 24.9 Å². The standard InChI is InChI=1S/C24H32BN2O6S/c1-16(2)22-21(28)13-18(24(30)31-3)14-34-11-5-4-10-32-19-8-6-17(7-9-19)12-20(23(29)27-22)25-33-15-26/h4-9,15-16,18,20,22,26H,10-14H2,1-3H3,(H,27,29)/b5-4+,26-15?/t18-,20-,22-/m0/s1. The summed E-state index contributed by atoms with van der Waals surface area (Å²) in [6.45, 7) is 4.09. The smallest absolute Gasteiger partial charge is 0.384 e. The van der Waals surface area contributed by atoms with Crippen molar-refractivity contribution < 1.29 is 28.5 Å². The van der Waals surface area contributed by atoms with E-state index in [4.69, 9.17) is 19.5 Å². The number of fused-ring (bicyclic) bond motifs is 15. The summed E-state index contributed by atoms with van der Waals surface area (Å²) in [5.74, 6) is -0.772. The SMILES string of the molecule is COC(=O)[C@@H]1CSC/C=C/COc2ccc(cc2)C[C@H]([B]OC=N)C(=O)N[C@@H](C(C)C)C(=O)C1. The predicted molar refractivity (Wildman–Crippen MR) is 133 cm³/mol. The fraction of sp³-hybridized carbons (Fsp3) is 0.500. The first-order chi connectivity index (χ1) is 16.3. The Kier molecular flexibility index (Phi) is 11.7. The zero-order valence-electron chi connectivity index (χ0n) is 19.8. The van der Waals surface area contributed by atoms with Gasteiger partial charge in [-0.05, 0) is 30.0 Å². The van der Waals surface area contributed by atoms with Crippen LogP contribution in [0.25, 0.3) is 0 Å². The minimum Gasteiger partial charge on any atom is -0.555 e. The maximum atomic E-state index is 13.1. The fourth-order valence-corrected chi connectivity index (χ4v) is 4.44. The predicted octanol–water partition coefficient (Wildman–Crippen LogP) is 2.83. The summed E-state index contributed by atoms with van der Waals surface area (Å²) in [6, 6.07) is 6.64. The number of benzene rings is 1. The van der Waals surface area contributed by atoms with Crippen LogP contribution in [-0.4, -0.2) is 62.8 Å². The summed E-state index contributed by atoms with van der Waals surface area (Å²) in [7, 11) is 2.59. The van der Waals surface area contributed by atoms with Crippen LogP contribution in [0.15, 0.2) is 36.4 Å². The van der Waals surface area contributed by atoms with Gasteiger partial charge < -0.3 is 19.4 Å². The molecule has 183 valence electrons. The molecule has 1 aromatic carbocycles. The Labute approximate surface area is 206 Å². The molecule has 1 radical (unpaired) electrons. The molecule has 2 aliphatic heterocycles. The van der Waals surface area contributed by atoms with Crippen molar-refractivity contribution in [1.29, 1.82) is 5.41 Å². The van der Waals surface area contributed by atoms with Crippen LogP contribution < -0.4 is 10.1 Å². The average molecular weight is 487 g/mol. The molecular weight excluding hydrogens is 455 g/mol. The Morgan fingerprint density at radius 2 is 1.97 bits per heavy atom. The van der Waals surface area contributed by atoms with E-state index < -0.39 is 23.7 Å². The van der Waals surface area contributed by atoms with Gasteiger partial charge in [0.15, 0.2) is 5.78 Å². The number of rotatable bonds is 5. The summed E-state index contributed by atoms with van der Waals surface area (Å²) in [5, 5.41) is 9.97. The van der Waals surface area contributed by atoms with Crippen LogP contribution in [0.3, 0.4) is 0 Å². The number of carbonyl (C=O) groups excluding carboxylic acids is 3. The quantitative estimate of drug-likeness (QED) is 0.216. The second-order valence-electron chi connectivity index (χ2n) is 8.29. The largest absolute Gasteiger partial charge is 0.555 e. The maximum absolute atomic E-state index is 13.1. The number of thioether (sulfide) groups is 1. The summed E-state index contributed by atoms with van der Waals surface area (Å²) < 4.78 is 15.6. The third kappa shape index (κ3) is 8.89. The van der Waals surface area contributed by atoms with Crippen LogP contribution in [0.1, 0.15) is 25.8 Å². The molecule has 3 atom stereocenters. The van der Waals surface area contributed by atoms with Crippen LogP contribution in [0.5, 0.6) is 5.75 Å². The number of ether oxygens (including phenoxy) is 2. The number of esters is 1. The molecule has 2 aliphatic rings. The highest BCUT2D eigenvalue weighted by atomic mass is 32.2. The first-order valence-electron chi connectivity index (χ1n) is 11.2. The normalized spacial score (nSPS) is 23.5. The summed E-state index contributed by atoms with van der Waals surface area (Å²) in [4.78, 5) is 38.6. The molecule has 34 heavy (non-hydrogen) atoms. The molecule has 3 rings (SSSR count). The lowest BCUT2D eigenvalue weighted by Crippen LogP contribution is -2.47. The zero-order chi connectivity index (χ0) is 24.9. The van der Waals surface area contributed by atoms with E-state index in [9.17, 15) is 14.4 Å². The highest BCUT2D eigenvalue weighted by molar-refractivity contribution is 7.99. The molecular formula is C24H32BN2O6S. The Balaban J connectivity index is 2.30. The molecule has 10 heteroatoms. The van der Waals surface area contributed by atoms with Crippen LogP contribution in [-0.2, 0) is 30.2 Å². The van der Waals surface area contributed by atoms with Gasteiger partial charge in [-0.1, -0.05) is 38.1 Å². The van der Waals surface area contributed by atoms with E-state index in [1.165, 1.54) is 26.4 Å². The minimum absolute atomic E-state index is 0.0256. The van der Waals surface area contributed by atoms with E-state index in [-0.39, 0.29) is 24.0 Å². The molecule has 0 spiro atoms. The van der Waals surface area contributed by atoms with Crippen molar-refractivity contribution in [3.05, 3.63) is 42.0 Å². The zero-order valence-corrected chi connectivity index (χ0v) is 20.6. The molecule has 2 N–H and O–H groups in total. The lowest BCUT2D eigenvalue weighted by atomic mass is 9.74. The lowest BCUT2D eigenvalue weighted by molar-refractivity contribution is -0.146. The van der Waals surface area contributed by atoms with E-state index in [0.29, 0.717) is 30.3 Å². The van der Waals surface area contributed by atoms with Crippen molar-refractivity contribution in [3.63, 3.8) is 0 Å². The second-order valence-corrected chi connectivity index (χ2v) is 9.36. The first-order valence-corrected chi connectivity index (χ1v) is 12.3. The second kappa shape index (κ2) is 14.5. The average Bonchev–Trinajstić information content (AvgIpc) is 2.83. The molecule has 0 fully saturated rings. The van der Waals surface area contributed by atoms with Crippen molar-refractivity contribution in [1.82, 2.24) is 5.32 Å². The molecule has 1 amide bonds. The summed E-state index contributed by atoms with van der Waals surface area (Å²) in [5.41, 5.74) is 0.875. The van der Waals surface area contributed by atoms with Gasteiger partial charge in [-0.25, -0.2) is 0 Å². The van der Waals surface area contributed by atoms with Crippen LogP contribution in [0.4, 0.5) is 0 Å². The Morgan fingerprint density at radius 1 is 1.24 bits per heavy atom. The third-order valence-corrected chi connectivity index (χ3v) is 6.43. The van der Waals surface area contributed by atoms with Gasteiger partial charge in [-0.2, -0.15) is 11.8 Å². The highest BCUT2D eigenvalue weighted by Crippen LogP contribution is 2.21. The molecule has 0 unspecified atom stereocenters. The van der Waals surface area contributed by atoms with Gasteiger partial charge in [0, 0.05) is 17.9 Å². The number of hydrogen-bond donors (Lipinski definition) is 2. The number of methoxy groups -OCH3 is 1. The van der Waals surface area contributed by atoms with Crippen molar-refractivity contribution in [2.45, 2.75) is 38.5 Å². The number of nitrogens with one attached hydrogen (secondary N) is 2. The third-order valence-electron chi connectivity index (χ3n) is 5.37. The lowest BCUT2D eigenvalue weighted by Gasteiger charge is -2.25. The molecule has 2 heterocycles. The van der Waals surface area contributed by atoms with Crippen molar-refractivity contribution >= 4 is 43.3 Å². The van der Waals surface area contributed by atoms with Crippen molar-refractivity contribution in [2.75, 3.05) is 25.2 Å². The minimum atomic E-state index is -0.765. The van der Waals surface area contributed by atoms with Gasteiger partial charge in [0.2, 0.25) is 5.91 Å². The topological polar surface area (TPSA) is 115 Å². The summed E-state index contributed by atoms with van der Waals surface area (Å²) >= 11 is 1.52. The van der Waals surface area contributed by atoms with Crippen LogP contribution in [0.2, 0.25) is 5.82 Å². The molecule has 2 bridgehead atoms. The van der Waals surface area contributed by atoms with Gasteiger partial charge in [-0.3, -0.25) is 19.8 Å². The van der Waals surface area contributed by atoms with Gasteiger partial charge in [-0.15, -0.1) is 0 Å². The van der Waals surface area contributed by atoms with Gasteiger partial charge in [0.25, 0.3) is 0 Å².